The van der Waals surface area contributed by atoms with Crippen LogP contribution in [0.15, 0.2) is 42.5 Å². The van der Waals surface area contributed by atoms with Crippen LogP contribution in [0.4, 0.5) is 0 Å². The van der Waals surface area contributed by atoms with E-state index in [9.17, 15) is 5.11 Å². The average molecular weight is 505 g/mol. The van der Waals surface area contributed by atoms with E-state index in [1.165, 1.54) is 11.3 Å². The maximum absolute atomic E-state index is 10.6. The van der Waals surface area contributed by atoms with Gasteiger partial charge in [0.2, 0.25) is 0 Å². The number of thiazole rings is 1. The molecule has 1 aliphatic rings. The Morgan fingerprint density at radius 1 is 1.16 bits per heavy atom. The van der Waals surface area contributed by atoms with Gasteiger partial charge < -0.3 is 19.3 Å². The second-order valence-corrected chi connectivity index (χ2v) is 9.13. The molecule has 0 amide bonds. The van der Waals surface area contributed by atoms with Gasteiger partial charge in [-0.1, -0.05) is 35.1 Å². The highest BCUT2D eigenvalue weighted by Gasteiger charge is 2.23. The van der Waals surface area contributed by atoms with Crippen molar-refractivity contribution in [3.63, 3.8) is 0 Å². The molecule has 1 saturated heterocycles. The van der Waals surface area contributed by atoms with E-state index in [2.05, 4.69) is 9.47 Å². The fourth-order valence-corrected chi connectivity index (χ4v) is 5.23. The number of nitrogens with one attached hydrogen (secondary N) is 1. The van der Waals surface area contributed by atoms with Crippen LogP contribution in [0, 0.1) is 11.3 Å². The van der Waals surface area contributed by atoms with E-state index in [0.29, 0.717) is 17.3 Å². The molecule has 0 unspecified atom stereocenters. The maximum atomic E-state index is 10.6. The third-order valence-corrected chi connectivity index (χ3v) is 6.94. The van der Waals surface area contributed by atoms with Crippen LogP contribution in [0.1, 0.15) is 24.5 Å². The van der Waals surface area contributed by atoms with E-state index in [-0.39, 0.29) is 24.8 Å². The molecule has 0 spiro atoms. The molecule has 9 heteroatoms. The molecule has 1 aromatic heterocycles. The Balaban J connectivity index is 0.00000171. The van der Waals surface area contributed by atoms with Crippen LogP contribution in [0.2, 0.25) is 5.02 Å². The molecule has 1 fully saturated rings. The van der Waals surface area contributed by atoms with E-state index in [1.54, 1.807) is 7.11 Å². The summed E-state index contributed by atoms with van der Waals surface area (Å²) in [7, 11) is 1.64. The van der Waals surface area contributed by atoms with Crippen LogP contribution >= 0.6 is 47.8 Å². The molecule has 170 valence electrons. The van der Waals surface area contributed by atoms with Gasteiger partial charge in [0.1, 0.15) is 5.75 Å². The Morgan fingerprint density at radius 2 is 1.84 bits per heavy atom. The summed E-state index contributed by atoms with van der Waals surface area (Å²) in [5.41, 5.74) is 2.02. The molecule has 4 rings (SSSR count). The molecule has 2 heterocycles. The monoisotopic (exact) mass is 503 g/mol. The molecule has 3 aromatic rings. The fourth-order valence-electron chi connectivity index (χ4n) is 4.03. The number of aliphatic hydroxyl groups excluding tert-OH is 1. The Labute approximate surface area is 203 Å². The summed E-state index contributed by atoms with van der Waals surface area (Å²) in [6.07, 6.45) is 1.66. The van der Waals surface area contributed by atoms with E-state index >= 15 is 0 Å². The number of rotatable bonds is 6. The lowest BCUT2D eigenvalue weighted by molar-refractivity contribution is 0.0867. The highest BCUT2D eigenvalue weighted by Crippen LogP contribution is 2.26. The van der Waals surface area contributed by atoms with Crippen molar-refractivity contribution in [3.05, 3.63) is 57.9 Å². The molecule has 0 bridgehead atoms. The molecule has 31 heavy (non-hydrogen) atoms. The minimum absolute atomic E-state index is 0. The number of aromatic nitrogens is 1. The first-order valence-electron chi connectivity index (χ1n) is 9.91. The molecule has 0 aliphatic carbocycles. The average Bonchev–Trinajstić information content (AvgIpc) is 3.03. The minimum Gasteiger partial charge on any atom is -0.497 e. The number of nitrogens with zero attached hydrogens (tertiary/aromatic N) is 2. The highest BCUT2D eigenvalue weighted by molar-refractivity contribution is 7.16. The third-order valence-electron chi connectivity index (χ3n) is 5.74. The van der Waals surface area contributed by atoms with Gasteiger partial charge in [-0.3, -0.25) is 5.41 Å². The van der Waals surface area contributed by atoms with Crippen molar-refractivity contribution in [1.29, 1.82) is 5.41 Å². The quantitative estimate of drug-likeness (QED) is 0.489. The van der Waals surface area contributed by atoms with Gasteiger partial charge in [-0.15, -0.1) is 24.8 Å². The molecule has 5 nitrogen and oxygen atoms in total. The number of β-amino-alcohol motifs (C(OH)–C–C–N with tert-alkyl or cyclic N) is 1. The largest absolute Gasteiger partial charge is 0.497 e. The van der Waals surface area contributed by atoms with Gasteiger partial charge in [0.25, 0.3) is 0 Å². The molecule has 1 atom stereocenters. The Morgan fingerprint density at radius 3 is 2.48 bits per heavy atom. The SMILES string of the molecule is COc1ccc([C@@H](O)CN2CCC(Cn3c(=N)sc4cc(Cl)ccc43)CC2)cc1.Cl.Cl. The standard InChI is InChI=1S/C22H26ClN3O2S.2ClH/c1-28-18-5-2-16(3-6-18)20(27)14-25-10-8-15(9-11-25)13-26-19-7-4-17(23)12-21(19)29-22(26)24;;/h2-7,12,15,20,24,27H,8-11,13-14H2,1H3;2*1H/t20-;;/m0../s1. The lowest BCUT2D eigenvalue weighted by Crippen LogP contribution is -2.38. The van der Waals surface area contributed by atoms with E-state index in [1.807, 2.05) is 42.5 Å². The highest BCUT2D eigenvalue weighted by atomic mass is 35.5. The number of likely N-dealkylation sites (tertiary alicyclic amines) is 1. The van der Waals surface area contributed by atoms with Crippen LogP contribution in [0.3, 0.4) is 0 Å². The zero-order chi connectivity index (χ0) is 20.4. The second kappa shape index (κ2) is 11.5. The van der Waals surface area contributed by atoms with Crippen LogP contribution in [-0.4, -0.2) is 41.3 Å². The number of benzene rings is 2. The van der Waals surface area contributed by atoms with Gasteiger partial charge in [0.05, 0.1) is 23.4 Å². The Bertz CT molecular complexity index is 1030. The van der Waals surface area contributed by atoms with E-state index in [4.69, 9.17) is 21.7 Å². The summed E-state index contributed by atoms with van der Waals surface area (Å²) in [4.78, 5) is 2.92. The summed E-state index contributed by atoms with van der Waals surface area (Å²) in [5, 5.41) is 19.6. The summed E-state index contributed by atoms with van der Waals surface area (Å²) in [6, 6.07) is 13.5. The molecular formula is C22H28Cl3N3O2S. The van der Waals surface area contributed by atoms with Crippen molar-refractivity contribution < 1.29 is 9.84 Å². The van der Waals surface area contributed by atoms with Crippen molar-refractivity contribution in [1.82, 2.24) is 9.47 Å². The molecular weight excluding hydrogens is 477 g/mol. The molecule has 2 N–H and O–H groups in total. The smallest absolute Gasteiger partial charge is 0.182 e. The molecule has 1 aliphatic heterocycles. The summed E-state index contributed by atoms with van der Waals surface area (Å²) >= 11 is 7.58. The van der Waals surface area contributed by atoms with Crippen LogP contribution < -0.4 is 9.54 Å². The fraction of sp³-hybridized carbons (Fsp3) is 0.409. The predicted molar refractivity (Wildman–Crippen MR) is 132 cm³/mol. The number of methoxy groups -OCH3 is 1. The third kappa shape index (κ3) is 6.15. The van der Waals surface area contributed by atoms with Crippen molar-refractivity contribution in [2.75, 3.05) is 26.7 Å². The van der Waals surface area contributed by atoms with E-state index < -0.39 is 6.10 Å². The normalized spacial score (nSPS) is 15.8. The first kappa shape index (κ1) is 26.0. The van der Waals surface area contributed by atoms with Crippen LogP contribution in [0.25, 0.3) is 10.2 Å². The minimum atomic E-state index is -0.489. The number of hydrogen-bond donors (Lipinski definition) is 2. The Hall–Kier alpha value is -1.28. The predicted octanol–water partition coefficient (Wildman–Crippen LogP) is 5.13. The van der Waals surface area contributed by atoms with Crippen LogP contribution in [-0.2, 0) is 6.54 Å². The maximum Gasteiger partial charge on any atom is 0.182 e. The van der Waals surface area contributed by atoms with Gasteiger partial charge in [0, 0.05) is 18.1 Å². The lowest BCUT2D eigenvalue weighted by Gasteiger charge is -2.33. The summed E-state index contributed by atoms with van der Waals surface area (Å²) in [5.74, 6) is 1.35. The van der Waals surface area contributed by atoms with Crippen molar-refractivity contribution in [3.8, 4) is 5.75 Å². The van der Waals surface area contributed by atoms with Gasteiger partial charge in [0.15, 0.2) is 4.80 Å². The van der Waals surface area contributed by atoms with Crippen LogP contribution in [0.5, 0.6) is 5.75 Å². The number of piperidine rings is 1. The van der Waals surface area contributed by atoms with Crippen molar-refractivity contribution in [2.45, 2.75) is 25.5 Å². The van der Waals surface area contributed by atoms with Crippen molar-refractivity contribution >= 4 is 58.0 Å². The Kier molecular flexibility index (Phi) is 9.67. The number of halogens is 3. The van der Waals surface area contributed by atoms with E-state index in [0.717, 1.165) is 59.0 Å². The zero-order valence-electron chi connectivity index (χ0n) is 17.3. The number of ether oxygens (including phenoxy) is 1. The van der Waals surface area contributed by atoms with Gasteiger partial charge in [-0.2, -0.15) is 0 Å². The number of fused-ring (bicyclic) bond motifs is 1. The van der Waals surface area contributed by atoms with Crippen molar-refractivity contribution in [2.24, 2.45) is 5.92 Å². The van der Waals surface area contributed by atoms with Gasteiger partial charge in [-0.05, 0) is 67.7 Å². The van der Waals surface area contributed by atoms with Gasteiger partial charge >= 0.3 is 0 Å². The molecule has 2 aromatic carbocycles. The summed E-state index contributed by atoms with van der Waals surface area (Å²) < 4.78 is 8.37. The van der Waals surface area contributed by atoms with Gasteiger partial charge in [-0.25, -0.2) is 0 Å². The molecule has 0 radical (unpaired) electrons. The first-order valence-corrected chi connectivity index (χ1v) is 11.1. The zero-order valence-corrected chi connectivity index (χ0v) is 20.5. The lowest BCUT2D eigenvalue weighted by atomic mass is 9.96. The number of hydrogen-bond acceptors (Lipinski definition) is 5. The first-order chi connectivity index (χ1) is 14.0. The topological polar surface area (TPSA) is 61.5 Å². The number of aliphatic hydroxyl groups is 1. The molecule has 0 saturated carbocycles. The summed E-state index contributed by atoms with van der Waals surface area (Å²) in [6.45, 7) is 3.46. The second-order valence-electron chi connectivity index (χ2n) is 7.66.